The van der Waals surface area contributed by atoms with Crippen LogP contribution in [0.15, 0.2) is 36.4 Å². The first-order chi connectivity index (χ1) is 14.8. The van der Waals surface area contributed by atoms with Crippen LogP contribution in [0.5, 0.6) is 11.5 Å². The maximum Gasteiger partial charge on any atom is 0.231 e. The first kappa shape index (κ1) is 23.6. The lowest BCUT2D eigenvalue weighted by Gasteiger charge is -2.24. The molecular formula is C26H34BrNO3. The van der Waals surface area contributed by atoms with Gasteiger partial charge in [0, 0.05) is 23.0 Å². The van der Waals surface area contributed by atoms with Crippen molar-refractivity contribution in [3.63, 3.8) is 0 Å². The van der Waals surface area contributed by atoms with Gasteiger partial charge >= 0.3 is 0 Å². The van der Waals surface area contributed by atoms with Crippen LogP contribution < -0.4 is 14.8 Å². The van der Waals surface area contributed by atoms with Crippen molar-refractivity contribution in [2.24, 2.45) is 0 Å². The molecule has 0 aromatic heterocycles. The van der Waals surface area contributed by atoms with Crippen molar-refractivity contribution in [3.8, 4) is 11.5 Å². The summed E-state index contributed by atoms with van der Waals surface area (Å²) in [6.45, 7) is 8.95. The molecule has 31 heavy (non-hydrogen) atoms. The summed E-state index contributed by atoms with van der Waals surface area (Å²) in [5, 5.41) is 3.98. The Labute approximate surface area is 194 Å². The Bertz CT molecular complexity index is 904. The lowest BCUT2D eigenvalue weighted by atomic mass is 9.85. The quantitative estimate of drug-likeness (QED) is 0.298. The molecule has 1 atom stereocenters. The molecule has 1 aliphatic heterocycles. The Kier molecular flexibility index (Phi) is 8.04. The molecule has 3 rings (SSSR count). The first-order valence-corrected chi connectivity index (χ1v) is 12.3. The van der Waals surface area contributed by atoms with Gasteiger partial charge in [-0.25, -0.2) is 0 Å². The van der Waals surface area contributed by atoms with Gasteiger partial charge in [0.2, 0.25) is 12.7 Å². The molecular weight excluding hydrogens is 454 g/mol. The molecule has 1 unspecified atom stereocenters. The van der Waals surface area contributed by atoms with Crippen molar-refractivity contribution in [2.45, 2.75) is 76.5 Å². The number of amides is 1. The SMILES string of the molecule is CCCCCC(CC(=O)Nc1cc(CBr)ccc1C(C)(C)C)c1cccc2c1OCO2. The van der Waals surface area contributed by atoms with Crippen LogP contribution >= 0.6 is 15.9 Å². The molecule has 168 valence electrons. The Morgan fingerprint density at radius 1 is 1.16 bits per heavy atom. The van der Waals surface area contributed by atoms with Gasteiger partial charge in [0.25, 0.3) is 0 Å². The highest BCUT2D eigenvalue weighted by atomic mass is 79.9. The molecule has 0 saturated carbocycles. The number of carbonyl (C=O) groups is 1. The van der Waals surface area contributed by atoms with Gasteiger partial charge in [-0.05, 0) is 41.0 Å². The third-order valence-electron chi connectivity index (χ3n) is 5.78. The van der Waals surface area contributed by atoms with E-state index < -0.39 is 0 Å². The number of carbonyl (C=O) groups excluding carboxylic acids is 1. The molecule has 2 aromatic carbocycles. The topological polar surface area (TPSA) is 47.6 Å². The van der Waals surface area contributed by atoms with E-state index in [-0.39, 0.29) is 24.0 Å². The van der Waals surface area contributed by atoms with E-state index in [1.165, 1.54) is 0 Å². The summed E-state index contributed by atoms with van der Waals surface area (Å²) in [5.41, 5.74) is 4.21. The molecule has 1 heterocycles. The molecule has 2 aromatic rings. The van der Waals surface area contributed by atoms with Crippen LogP contribution in [0.1, 0.15) is 82.4 Å². The summed E-state index contributed by atoms with van der Waals surface area (Å²) in [6.07, 6.45) is 4.78. The Morgan fingerprint density at radius 2 is 1.97 bits per heavy atom. The molecule has 0 radical (unpaired) electrons. The fraction of sp³-hybridized carbons (Fsp3) is 0.500. The normalized spacial score (nSPS) is 13.8. The van der Waals surface area contributed by atoms with Crippen LogP contribution in [0.3, 0.4) is 0 Å². The summed E-state index contributed by atoms with van der Waals surface area (Å²) in [7, 11) is 0. The van der Waals surface area contributed by atoms with E-state index in [9.17, 15) is 4.79 Å². The van der Waals surface area contributed by atoms with Gasteiger partial charge in [0.1, 0.15) is 0 Å². The zero-order valence-corrected chi connectivity index (χ0v) is 20.7. The van der Waals surface area contributed by atoms with Crippen molar-refractivity contribution in [2.75, 3.05) is 12.1 Å². The highest BCUT2D eigenvalue weighted by Crippen LogP contribution is 2.42. The van der Waals surface area contributed by atoms with Crippen molar-refractivity contribution >= 4 is 27.5 Å². The molecule has 5 heteroatoms. The molecule has 0 aliphatic carbocycles. The fourth-order valence-corrected chi connectivity index (χ4v) is 4.49. The number of halogens is 1. The third-order valence-corrected chi connectivity index (χ3v) is 6.42. The minimum atomic E-state index is -0.0561. The number of ether oxygens (including phenoxy) is 2. The van der Waals surface area contributed by atoms with Crippen LogP contribution in [0.2, 0.25) is 0 Å². The predicted molar refractivity (Wildman–Crippen MR) is 130 cm³/mol. The van der Waals surface area contributed by atoms with Crippen molar-refractivity contribution in [1.29, 1.82) is 0 Å². The molecule has 0 spiro atoms. The fourth-order valence-electron chi connectivity index (χ4n) is 4.14. The number of rotatable bonds is 9. The van der Waals surface area contributed by atoms with Crippen molar-refractivity contribution < 1.29 is 14.3 Å². The number of anilines is 1. The smallest absolute Gasteiger partial charge is 0.231 e. The average Bonchev–Trinajstić information content (AvgIpc) is 3.21. The summed E-state index contributed by atoms with van der Waals surface area (Å²) < 4.78 is 11.3. The minimum Gasteiger partial charge on any atom is -0.454 e. The standard InChI is InChI=1S/C26H34BrNO3/c1-5-6-7-9-19(20-10-8-11-23-25(20)31-17-30-23)15-24(29)28-22-14-18(16-27)12-13-21(22)26(2,3)4/h8,10-14,19H,5-7,9,15-17H2,1-4H3,(H,28,29). The van der Waals surface area contributed by atoms with Gasteiger partial charge in [-0.2, -0.15) is 0 Å². The number of alkyl halides is 1. The number of unbranched alkanes of at least 4 members (excludes halogenated alkanes) is 2. The zero-order chi connectivity index (χ0) is 22.4. The van der Waals surface area contributed by atoms with Gasteiger partial charge in [-0.1, -0.05) is 87.2 Å². The van der Waals surface area contributed by atoms with Gasteiger partial charge in [0.15, 0.2) is 11.5 Å². The van der Waals surface area contributed by atoms with Gasteiger partial charge in [-0.15, -0.1) is 0 Å². The molecule has 0 fully saturated rings. The van der Waals surface area contributed by atoms with Crippen LogP contribution in [0, 0.1) is 0 Å². The second-order valence-electron chi connectivity index (χ2n) is 9.29. The van der Waals surface area contributed by atoms with Crippen LogP contribution in [-0.4, -0.2) is 12.7 Å². The van der Waals surface area contributed by atoms with Crippen LogP contribution in [0.4, 0.5) is 5.69 Å². The molecule has 1 N–H and O–H groups in total. The van der Waals surface area contributed by atoms with Gasteiger partial charge in [0.05, 0.1) is 0 Å². The van der Waals surface area contributed by atoms with E-state index in [1.807, 2.05) is 12.1 Å². The molecule has 4 nitrogen and oxygen atoms in total. The van der Waals surface area contributed by atoms with Crippen LogP contribution in [0.25, 0.3) is 0 Å². The number of benzene rings is 2. The monoisotopic (exact) mass is 487 g/mol. The Balaban J connectivity index is 1.83. The molecule has 1 amide bonds. The highest BCUT2D eigenvalue weighted by molar-refractivity contribution is 9.08. The Hall–Kier alpha value is -2.01. The molecule has 0 bridgehead atoms. The van der Waals surface area contributed by atoms with Gasteiger partial charge < -0.3 is 14.8 Å². The maximum atomic E-state index is 13.2. The predicted octanol–water partition coefficient (Wildman–Crippen LogP) is 7.30. The number of para-hydroxylation sites is 1. The highest BCUT2D eigenvalue weighted by Gasteiger charge is 2.26. The third kappa shape index (κ3) is 6.03. The van der Waals surface area contributed by atoms with Crippen molar-refractivity contribution in [3.05, 3.63) is 53.1 Å². The minimum absolute atomic E-state index is 0.0373. The van der Waals surface area contributed by atoms with E-state index in [0.29, 0.717) is 6.42 Å². The number of nitrogens with one attached hydrogen (secondary N) is 1. The van der Waals surface area contributed by atoms with Crippen molar-refractivity contribution in [1.82, 2.24) is 0 Å². The van der Waals surface area contributed by atoms with E-state index in [4.69, 9.17) is 9.47 Å². The van der Waals surface area contributed by atoms with Gasteiger partial charge in [-0.3, -0.25) is 4.79 Å². The Morgan fingerprint density at radius 3 is 2.68 bits per heavy atom. The number of hydrogen-bond donors (Lipinski definition) is 1. The summed E-state index contributed by atoms with van der Waals surface area (Å²) >= 11 is 3.53. The number of fused-ring (bicyclic) bond motifs is 1. The summed E-state index contributed by atoms with van der Waals surface area (Å²) in [5.74, 6) is 1.71. The molecule has 0 saturated heterocycles. The van der Waals surface area contributed by atoms with E-state index in [2.05, 4.69) is 73.2 Å². The summed E-state index contributed by atoms with van der Waals surface area (Å²) in [4.78, 5) is 13.2. The first-order valence-electron chi connectivity index (χ1n) is 11.2. The second kappa shape index (κ2) is 10.5. The largest absolute Gasteiger partial charge is 0.454 e. The lowest BCUT2D eigenvalue weighted by Crippen LogP contribution is -2.20. The zero-order valence-electron chi connectivity index (χ0n) is 19.1. The van der Waals surface area contributed by atoms with E-state index in [1.54, 1.807) is 0 Å². The molecule has 1 aliphatic rings. The van der Waals surface area contributed by atoms with E-state index in [0.717, 1.165) is 64.9 Å². The summed E-state index contributed by atoms with van der Waals surface area (Å²) in [6, 6.07) is 12.3. The average molecular weight is 488 g/mol. The number of hydrogen-bond acceptors (Lipinski definition) is 3. The second-order valence-corrected chi connectivity index (χ2v) is 9.85. The lowest BCUT2D eigenvalue weighted by molar-refractivity contribution is -0.116. The van der Waals surface area contributed by atoms with E-state index >= 15 is 0 Å². The maximum absolute atomic E-state index is 13.2. The van der Waals surface area contributed by atoms with Crippen LogP contribution in [-0.2, 0) is 15.5 Å².